The summed E-state index contributed by atoms with van der Waals surface area (Å²) in [6.07, 6.45) is -0.823. The Hall–Kier alpha value is -1.23. The Kier molecular flexibility index (Phi) is 3.86. The highest BCUT2D eigenvalue weighted by Gasteiger charge is 2.55. The van der Waals surface area contributed by atoms with Crippen molar-refractivity contribution in [2.45, 2.75) is 38.6 Å². The molecule has 3 atom stereocenters. The molecule has 0 heterocycles. The average molecular weight is 299 g/mol. The zero-order chi connectivity index (χ0) is 15.0. The summed E-state index contributed by atoms with van der Waals surface area (Å²) in [4.78, 5) is 0. The minimum absolute atomic E-state index is 0.131. The van der Waals surface area contributed by atoms with Crippen molar-refractivity contribution in [3.63, 3.8) is 0 Å². The van der Waals surface area contributed by atoms with E-state index in [1.165, 1.54) is 31.4 Å². The number of fused-ring (bicyclic) bond motifs is 1. The Morgan fingerprint density at radius 2 is 2.00 bits per heavy atom. The molecule has 21 heavy (non-hydrogen) atoms. The van der Waals surface area contributed by atoms with Gasteiger partial charge in [-0.2, -0.15) is 0 Å². The van der Waals surface area contributed by atoms with Crippen LogP contribution in [0.1, 0.15) is 37.8 Å². The normalized spacial score (nSPS) is 29.0. The van der Waals surface area contributed by atoms with Gasteiger partial charge in [0.05, 0.1) is 0 Å². The molecule has 2 saturated carbocycles. The van der Waals surface area contributed by atoms with Crippen LogP contribution >= 0.6 is 0 Å². The molecule has 0 aliphatic heterocycles. The van der Waals surface area contributed by atoms with Gasteiger partial charge in [-0.1, -0.05) is 25.5 Å². The van der Waals surface area contributed by atoms with Gasteiger partial charge in [-0.25, -0.2) is 0 Å². The molecule has 0 bridgehead atoms. The van der Waals surface area contributed by atoms with Gasteiger partial charge < -0.3 is 10.1 Å². The highest BCUT2D eigenvalue weighted by atomic mass is 19.4. The maximum absolute atomic E-state index is 12.3. The first-order valence-corrected chi connectivity index (χ1v) is 7.58. The van der Waals surface area contributed by atoms with Crippen molar-refractivity contribution < 1.29 is 17.9 Å². The van der Waals surface area contributed by atoms with Crippen LogP contribution in [0.2, 0.25) is 0 Å². The number of hydrogen-bond donors (Lipinski definition) is 1. The van der Waals surface area contributed by atoms with E-state index in [-0.39, 0.29) is 11.8 Å². The van der Waals surface area contributed by atoms with Crippen molar-refractivity contribution in [1.82, 2.24) is 5.32 Å². The van der Waals surface area contributed by atoms with Crippen molar-refractivity contribution in [3.8, 4) is 5.75 Å². The molecule has 2 fully saturated rings. The molecule has 0 spiro atoms. The fraction of sp³-hybridized carbons (Fsp3) is 0.625. The lowest BCUT2D eigenvalue weighted by Crippen LogP contribution is -2.24. The molecular formula is C16H20F3NO. The second-order valence-corrected chi connectivity index (χ2v) is 5.99. The SMILES string of the molecule is CCNC(c1cccc(OC(F)(F)F)c1)C1C2CCCC21. The summed E-state index contributed by atoms with van der Waals surface area (Å²) in [5.74, 6) is 1.94. The van der Waals surface area contributed by atoms with Crippen molar-refractivity contribution in [2.24, 2.45) is 17.8 Å². The predicted octanol–water partition coefficient (Wildman–Crippen LogP) is 4.28. The van der Waals surface area contributed by atoms with Gasteiger partial charge in [0.15, 0.2) is 0 Å². The van der Waals surface area contributed by atoms with Gasteiger partial charge in [0.2, 0.25) is 0 Å². The number of alkyl halides is 3. The Balaban J connectivity index is 1.78. The third-order valence-corrected chi connectivity index (χ3v) is 4.73. The molecule has 116 valence electrons. The molecule has 3 unspecified atom stereocenters. The van der Waals surface area contributed by atoms with E-state index in [1.807, 2.05) is 13.0 Å². The van der Waals surface area contributed by atoms with Crippen LogP contribution < -0.4 is 10.1 Å². The van der Waals surface area contributed by atoms with Gasteiger partial charge in [-0.3, -0.25) is 0 Å². The second-order valence-electron chi connectivity index (χ2n) is 5.99. The quantitative estimate of drug-likeness (QED) is 0.876. The standard InChI is InChI=1S/C16H20F3NO/c1-2-20-15(14-12-7-4-8-13(12)14)10-5-3-6-11(9-10)21-16(17,18)19/h3,5-6,9,12-15,20H,2,4,7-8H2,1H3. The highest BCUT2D eigenvalue weighted by Crippen LogP contribution is 2.62. The first-order valence-electron chi connectivity index (χ1n) is 7.58. The van der Waals surface area contributed by atoms with Crippen molar-refractivity contribution in [3.05, 3.63) is 29.8 Å². The highest BCUT2D eigenvalue weighted by molar-refractivity contribution is 5.32. The second kappa shape index (κ2) is 5.52. The van der Waals surface area contributed by atoms with E-state index < -0.39 is 6.36 Å². The van der Waals surface area contributed by atoms with Crippen LogP contribution in [0.3, 0.4) is 0 Å². The predicted molar refractivity (Wildman–Crippen MR) is 73.9 cm³/mol. The van der Waals surface area contributed by atoms with Crippen LogP contribution in [0.4, 0.5) is 13.2 Å². The van der Waals surface area contributed by atoms with E-state index >= 15 is 0 Å². The van der Waals surface area contributed by atoms with Gasteiger partial charge in [0.25, 0.3) is 0 Å². The van der Waals surface area contributed by atoms with E-state index in [0.717, 1.165) is 23.9 Å². The zero-order valence-electron chi connectivity index (χ0n) is 12.0. The smallest absolute Gasteiger partial charge is 0.406 e. The van der Waals surface area contributed by atoms with Crippen LogP contribution in [0.15, 0.2) is 24.3 Å². The van der Waals surface area contributed by atoms with E-state index in [4.69, 9.17) is 0 Å². The van der Waals surface area contributed by atoms with Crippen LogP contribution in [0, 0.1) is 17.8 Å². The minimum atomic E-state index is -4.64. The van der Waals surface area contributed by atoms with E-state index in [9.17, 15) is 13.2 Å². The topological polar surface area (TPSA) is 21.3 Å². The van der Waals surface area contributed by atoms with Crippen LogP contribution in [-0.4, -0.2) is 12.9 Å². The number of rotatable bonds is 5. The summed E-state index contributed by atoms with van der Waals surface area (Å²) < 4.78 is 41.1. The molecule has 2 nitrogen and oxygen atoms in total. The van der Waals surface area contributed by atoms with E-state index in [2.05, 4.69) is 10.1 Å². The summed E-state index contributed by atoms with van der Waals surface area (Å²) in [5.41, 5.74) is 0.901. The Morgan fingerprint density at radius 1 is 1.29 bits per heavy atom. The lowest BCUT2D eigenvalue weighted by Gasteiger charge is -2.21. The van der Waals surface area contributed by atoms with Gasteiger partial charge in [-0.05, 0) is 54.8 Å². The Morgan fingerprint density at radius 3 is 2.62 bits per heavy atom. The third kappa shape index (κ3) is 3.18. The van der Waals surface area contributed by atoms with Gasteiger partial charge in [0.1, 0.15) is 5.75 Å². The number of hydrogen-bond acceptors (Lipinski definition) is 2. The van der Waals surface area contributed by atoms with Crippen LogP contribution in [0.25, 0.3) is 0 Å². The largest absolute Gasteiger partial charge is 0.573 e. The molecule has 5 heteroatoms. The van der Waals surface area contributed by atoms with Gasteiger partial charge >= 0.3 is 6.36 Å². The molecule has 0 aromatic heterocycles. The summed E-state index contributed by atoms with van der Waals surface area (Å²) in [6.45, 7) is 2.84. The molecule has 0 saturated heterocycles. The maximum atomic E-state index is 12.3. The fourth-order valence-electron chi connectivity index (χ4n) is 3.97. The lowest BCUT2D eigenvalue weighted by atomic mass is 9.96. The van der Waals surface area contributed by atoms with Gasteiger partial charge in [0, 0.05) is 6.04 Å². The van der Waals surface area contributed by atoms with Crippen molar-refractivity contribution in [1.29, 1.82) is 0 Å². The molecule has 1 aromatic rings. The number of halogens is 3. The Labute approximate surface area is 122 Å². The number of benzene rings is 1. The minimum Gasteiger partial charge on any atom is -0.406 e. The average Bonchev–Trinajstić information content (AvgIpc) is 2.87. The van der Waals surface area contributed by atoms with Crippen LogP contribution in [-0.2, 0) is 0 Å². The monoisotopic (exact) mass is 299 g/mol. The van der Waals surface area contributed by atoms with E-state index in [1.54, 1.807) is 6.07 Å². The first-order chi connectivity index (χ1) is 9.99. The molecule has 2 aliphatic rings. The maximum Gasteiger partial charge on any atom is 0.573 e. The molecule has 2 aliphatic carbocycles. The molecule has 1 aromatic carbocycles. The molecule has 1 N–H and O–H groups in total. The first kappa shape index (κ1) is 14.7. The summed E-state index contributed by atoms with van der Waals surface area (Å²) in [7, 11) is 0. The summed E-state index contributed by atoms with van der Waals surface area (Å²) in [5, 5.41) is 3.44. The number of nitrogens with one attached hydrogen (secondary N) is 1. The fourth-order valence-corrected chi connectivity index (χ4v) is 3.97. The van der Waals surface area contributed by atoms with E-state index in [0.29, 0.717) is 5.92 Å². The lowest BCUT2D eigenvalue weighted by molar-refractivity contribution is -0.274. The van der Waals surface area contributed by atoms with Crippen molar-refractivity contribution >= 4 is 0 Å². The third-order valence-electron chi connectivity index (χ3n) is 4.73. The van der Waals surface area contributed by atoms with Crippen LogP contribution in [0.5, 0.6) is 5.75 Å². The summed E-state index contributed by atoms with van der Waals surface area (Å²) in [6, 6.07) is 6.55. The zero-order valence-corrected chi connectivity index (χ0v) is 12.0. The van der Waals surface area contributed by atoms with Crippen molar-refractivity contribution in [2.75, 3.05) is 6.54 Å². The molecule has 3 rings (SSSR count). The van der Waals surface area contributed by atoms with Gasteiger partial charge in [-0.15, -0.1) is 13.2 Å². The molecular weight excluding hydrogens is 279 g/mol. The molecule has 0 amide bonds. The molecule has 0 radical (unpaired) electrons. The number of ether oxygens (including phenoxy) is 1. The Bertz CT molecular complexity index is 493. The summed E-state index contributed by atoms with van der Waals surface area (Å²) >= 11 is 0.